The van der Waals surface area contributed by atoms with Gasteiger partial charge in [-0.05, 0) is 55.8 Å². The molecule has 0 aliphatic rings. The lowest BCUT2D eigenvalue weighted by atomic mass is 10.1. The van der Waals surface area contributed by atoms with E-state index in [9.17, 15) is 0 Å². The van der Waals surface area contributed by atoms with Crippen LogP contribution in [0, 0.1) is 6.92 Å². The summed E-state index contributed by atoms with van der Waals surface area (Å²) in [6.45, 7) is 4.18. The average Bonchev–Trinajstić information content (AvgIpc) is 2.45. The first-order valence-corrected chi connectivity index (χ1v) is 7.58. The van der Waals surface area contributed by atoms with Gasteiger partial charge in [0.15, 0.2) is 0 Å². The Balaban J connectivity index is 2.28. The summed E-state index contributed by atoms with van der Waals surface area (Å²) >= 11 is 3.53. The van der Waals surface area contributed by atoms with Gasteiger partial charge in [-0.15, -0.1) is 0 Å². The predicted octanol–water partition coefficient (Wildman–Crippen LogP) is 4.95. The van der Waals surface area contributed by atoms with Crippen molar-refractivity contribution in [1.29, 1.82) is 0 Å². The highest BCUT2D eigenvalue weighted by Crippen LogP contribution is 2.32. The van der Waals surface area contributed by atoms with Gasteiger partial charge in [0, 0.05) is 15.7 Å². The number of ether oxygens (including phenoxy) is 2. The fourth-order valence-electron chi connectivity index (χ4n) is 2.33. The minimum absolute atomic E-state index is 0.101. The predicted molar refractivity (Wildman–Crippen MR) is 90.5 cm³/mol. The normalized spacial score (nSPS) is 11.9. The standard InChI is InChI=1S/C17H20BrNO2/c1-11-7-13(18)9-14(8-11)19-12(2)16-10-15(20-3)5-6-17(16)21-4/h5-10,12,19H,1-4H3. The number of aryl methyl sites for hydroxylation is 1. The van der Waals surface area contributed by atoms with Crippen LogP contribution in [0.1, 0.15) is 24.1 Å². The first-order chi connectivity index (χ1) is 10.0. The lowest BCUT2D eigenvalue weighted by Crippen LogP contribution is -2.08. The van der Waals surface area contributed by atoms with Crippen LogP contribution >= 0.6 is 15.9 Å². The van der Waals surface area contributed by atoms with Crippen LogP contribution in [0.4, 0.5) is 5.69 Å². The van der Waals surface area contributed by atoms with Gasteiger partial charge in [0.2, 0.25) is 0 Å². The first-order valence-electron chi connectivity index (χ1n) is 6.79. The monoisotopic (exact) mass is 349 g/mol. The summed E-state index contributed by atoms with van der Waals surface area (Å²) in [6, 6.07) is 12.2. The van der Waals surface area contributed by atoms with Gasteiger partial charge in [-0.1, -0.05) is 15.9 Å². The van der Waals surface area contributed by atoms with Crippen molar-refractivity contribution >= 4 is 21.6 Å². The molecule has 0 saturated carbocycles. The van der Waals surface area contributed by atoms with Gasteiger partial charge >= 0.3 is 0 Å². The fraction of sp³-hybridized carbons (Fsp3) is 0.294. The Bertz CT molecular complexity index is 608. The number of hydrogen-bond acceptors (Lipinski definition) is 3. The highest BCUT2D eigenvalue weighted by molar-refractivity contribution is 9.10. The topological polar surface area (TPSA) is 30.5 Å². The molecule has 2 aromatic rings. The molecule has 0 amide bonds. The van der Waals surface area contributed by atoms with Gasteiger partial charge in [0.1, 0.15) is 11.5 Å². The molecule has 0 aliphatic carbocycles. The molecule has 0 aliphatic heterocycles. The molecule has 3 nitrogen and oxygen atoms in total. The first kappa shape index (κ1) is 15.7. The molecule has 112 valence electrons. The molecular weight excluding hydrogens is 330 g/mol. The maximum Gasteiger partial charge on any atom is 0.124 e. The van der Waals surface area contributed by atoms with Crippen LogP contribution in [-0.4, -0.2) is 14.2 Å². The molecule has 0 saturated heterocycles. The van der Waals surface area contributed by atoms with E-state index in [1.807, 2.05) is 18.2 Å². The minimum Gasteiger partial charge on any atom is -0.497 e. The molecule has 0 spiro atoms. The third-order valence-electron chi connectivity index (χ3n) is 3.33. The maximum absolute atomic E-state index is 5.45. The molecule has 1 N–H and O–H groups in total. The van der Waals surface area contributed by atoms with E-state index in [0.717, 1.165) is 27.2 Å². The number of rotatable bonds is 5. The van der Waals surface area contributed by atoms with Crippen LogP contribution in [0.5, 0.6) is 11.5 Å². The van der Waals surface area contributed by atoms with Crippen LogP contribution in [0.3, 0.4) is 0 Å². The summed E-state index contributed by atoms with van der Waals surface area (Å²) in [7, 11) is 3.35. The Kier molecular flexibility index (Phi) is 5.12. The molecule has 0 bridgehead atoms. The number of methoxy groups -OCH3 is 2. The van der Waals surface area contributed by atoms with Gasteiger partial charge in [-0.2, -0.15) is 0 Å². The summed E-state index contributed by atoms with van der Waals surface area (Å²) in [5.74, 6) is 1.67. The molecule has 0 fully saturated rings. The summed E-state index contributed by atoms with van der Waals surface area (Å²) in [6.07, 6.45) is 0. The SMILES string of the molecule is COc1ccc(OC)c(C(C)Nc2cc(C)cc(Br)c2)c1. The van der Waals surface area contributed by atoms with Crippen molar-refractivity contribution < 1.29 is 9.47 Å². The van der Waals surface area contributed by atoms with Crippen LogP contribution in [0.15, 0.2) is 40.9 Å². The van der Waals surface area contributed by atoms with Gasteiger partial charge < -0.3 is 14.8 Å². The zero-order chi connectivity index (χ0) is 15.4. The molecule has 0 aromatic heterocycles. The fourth-order valence-corrected chi connectivity index (χ4v) is 2.93. The molecule has 2 rings (SSSR count). The average molecular weight is 350 g/mol. The highest BCUT2D eigenvalue weighted by atomic mass is 79.9. The third-order valence-corrected chi connectivity index (χ3v) is 3.79. The minimum atomic E-state index is 0.101. The molecule has 2 aromatic carbocycles. The van der Waals surface area contributed by atoms with E-state index in [4.69, 9.17) is 9.47 Å². The van der Waals surface area contributed by atoms with Crippen molar-refractivity contribution in [3.63, 3.8) is 0 Å². The molecule has 21 heavy (non-hydrogen) atoms. The van der Waals surface area contributed by atoms with E-state index < -0.39 is 0 Å². The molecule has 0 radical (unpaired) electrons. The molecule has 1 unspecified atom stereocenters. The Hall–Kier alpha value is -1.68. The summed E-state index contributed by atoms with van der Waals surface area (Å²) < 4.78 is 11.8. The van der Waals surface area contributed by atoms with Crippen LogP contribution in [-0.2, 0) is 0 Å². The van der Waals surface area contributed by atoms with E-state index in [-0.39, 0.29) is 6.04 Å². The van der Waals surface area contributed by atoms with Gasteiger partial charge in [-0.25, -0.2) is 0 Å². The zero-order valence-electron chi connectivity index (χ0n) is 12.7. The summed E-state index contributed by atoms with van der Waals surface area (Å²) in [5.41, 5.74) is 3.34. The van der Waals surface area contributed by atoms with Crippen molar-refractivity contribution in [3.8, 4) is 11.5 Å². The lowest BCUT2D eigenvalue weighted by Gasteiger charge is -2.19. The zero-order valence-corrected chi connectivity index (χ0v) is 14.3. The van der Waals surface area contributed by atoms with Gasteiger partial charge in [0.05, 0.1) is 20.3 Å². The lowest BCUT2D eigenvalue weighted by molar-refractivity contribution is 0.397. The number of anilines is 1. The van der Waals surface area contributed by atoms with E-state index in [0.29, 0.717) is 0 Å². The Labute approximate surface area is 134 Å². The summed E-state index contributed by atoms with van der Waals surface area (Å²) in [5, 5.41) is 3.50. The maximum atomic E-state index is 5.45. The van der Waals surface area contributed by atoms with Crippen LogP contribution in [0.2, 0.25) is 0 Å². The number of nitrogens with one attached hydrogen (secondary N) is 1. The van der Waals surface area contributed by atoms with Crippen LogP contribution < -0.4 is 14.8 Å². The van der Waals surface area contributed by atoms with Crippen molar-refractivity contribution in [1.82, 2.24) is 0 Å². The number of hydrogen-bond donors (Lipinski definition) is 1. The van der Waals surface area contributed by atoms with Gasteiger partial charge in [0.25, 0.3) is 0 Å². The van der Waals surface area contributed by atoms with Crippen molar-refractivity contribution in [2.75, 3.05) is 19.5 Å². The van der Waals surface area contributed by atoms with Crippen LogP contribution in [0.25, 0.3) is 0 Å². The highest BCUT2D eigenvalue weighted by Gasteiger charge is 2.13. The van der Waals surface area contributed by atoms with E-state index >= 15 is 0 Å². The van der Waals surface area contributed by atoms with E-state index in [1.54, 1.807) is 14.2 Å². The molecular formula is C17H20BrNO2. The number of halogens is 1. The largest absolute Gasteiger partial charge is 0.497 e. The Morgan fingerprint density at radius 1 is 1.05 bits per heavy atom. The quantitative estimate of drug-likeness (QED) is 0.828. The van der Waals surface area contributed by atoms with Crippen molar-refractivity contribution in [3.05, 3.63) is 52.0 Å². The van der Waals surface area contributed by atoms with E-state index in [2.05, 4.69) is 53.3 Å². The second kappa shape index (κ2) is 6.85. The smallest absolute Gasteiger partial charge is 0.124 e. The van der Waals surface area contributed by atoms with Crippen molar-refractivity contribution in [2.45, 2.75) is 19.9 Å². The third kappa shape index (κ3) is 3.91. The second-order valence-corrected chi connectivity index (χ2v) is 5.91. The van der Waals surface area contributed by atoms with Gasteiger partial charge in [-0.3, -0.25) is 0 Å². The Morgan fingerprint density at radius 3 is 2.43 bits per heavy atom. The van der Waals surface area contributed by atoms with Crippen molar-refractivity contribution in [2.24, 2.45) is 0 Å². The molecule has 0 heterocycles. The number of benzene rings is 2. The molecule has 1 atom stereocenters. The molecule has 4 heteroatoms. The summed E-state index contributed by atoms with van der Waals surface area (Å²) in [4.78, 5) is 0. The van der Waals surface area contributed by atoms with E-state index in [1.165, 1.54) is 5.56 Å². The Morgan fingerprint density at radius 2 is 1.81 bits per heavy atom. The second-order valence-electron chi connectivity index (χ2n) is 4.99.